The number of hydrogen-bond donors (Lipinski definition) is 2. The molecule has 0 saturated heterocycles. The standard InChI is InChI=1S/C8H11NS/c1-5-3-6(2)8(10)7(9)4-5/h3-4,10H,9H2,1-2H3. The number of hydrogen-bond acceptors (Lipinski definition) is 2. The first-order chi connectivity index (χ1) is 4.61. The van der Waals surface area contributed by atoms with Crippen LogP contribution in [0, 0.1) is 13.8 Å². The average molecular weight is 153 g/mol. The van der Waals surface area contributed by atoms with E-state index < -0.39 is 0 Å². The predicted molar refractivity (Wildman–Crippen MR) is 47.6 cm³/mol. The van der Waals surface area contributed by atoms with Crippen LogP contribution in [-0.4, -0.2) is 0 Å². The van der Waals surface area contributed by atoms with E-state index in [1.54, 1.807) is 0 Å². The minimum Gasteiger partial charge on any atom is -0.398 e. The fourth-order valence-corrected chi connectivity index (χ4v) is 1.12. The lowest BCUT2D eigenvalue weighted by atomic mass is 10.1. The van der Waals surface area contributed by atoms with Crippen molar-refractivity contribution in [1.82, 2.24) is 0 Å². The summed E-state index contributed by atoms with van der Waals surface area (Å²) in [5.74, 6) is 0. The van der Waals surface area contributed by atoms with Crippen LogP contribution in [0.3, 0.4) is 0 Å². The van der Waals surface area contributed by atoms with Gasteiger partial charge in [0.15, 0.2) is 0 Å². The highest BCUT2D eigenvalue weighted by atomic mass is 32.1. The molecule has 0 fully saturated rings. The molecule has 0 heterocycles. The molecular formula is C8H11NS. The highest BCUT2D eigenvalue weighted by molar-refractivity contribution is 7.80. The molecule has 2 heteroatoms. The molecule has 0 spiro atoms. The number of nitrogens with two attached hydrogens (primary N) is 1. The van der Waals surface area contributed by atoms with Gasteiger partial charge in [-0.25, -0.2) is 0 Å². The first-order valence-corrected chi connectivity index (χ1v) is 3.61. The summed E-state index contributed by atoms with van der Waals surface area (Å²) in [5.41, 5.74) is 8.74. The van der Waals surface area contributed by atoms with Crippen molar-refractivity contribution in [1.29, 1.82) is 0 Å². The molecule has 1 aromatic carbocycles. The van der Waals surface area contributed by atoms with Crippen molar-refractivity contribution in [2.75, 3.05) is 5.73 Å². The Morgan fingerprint density at radius 1 is 1.30 bits per heavy atom. The van der Waals surface area contributed by atoms with Crippen LogP contribution in [0.5, 0.6) is 0 Å². The van der Waals surface area contributed by atoms with E-state index in [1.165, 1.54) is 5.56 Å². The molecule has 1 aromatic rings. The second kappa shape index (κ2) is 2.54. The van der Waals surface area contributed by atoms with Gasteiger partial charge in [-0.05, 0) is 31.0 Å². The Hall–Kier alpha value is -0.630. The third-order valence-electron chi connectivity index (χ3n) is 1.47. The fraction of sp³-hybridized carbons (Fsp3) is 0.250. The van der Waals surface area contributed by atoms with E-state index in [0.717, 1.165) is 16.1 Å². The number of nitrogen functional groups attached to an aromatic ring is 1. The van der Waals surface area contributed by atoms with E-state index in [0.29, 0.717) is 0 Å². The van der Waals surface area contributed by atoms with Gasteiger partial charge in [-0.3, -0.25) is 0 Å². The van der Waals surface area contributed by atoms with Gasteiger partial charge < -0.3 is 5.73 Å². The Morgan fingerprint density at radius 2 is 1.90 bits per heavy atom. The first-order valence-electron chi connectivity index (χ1n) is 3.17. The molecule has 0 atom stereocenters. The smallest absolute Gasteiger partial charge is 0.0455 e. The quantitative estimate of drug-likeness (QED) is 0.433. The maximum atomic E-state index is 5.65. The molecule has 10 heavy (non-hydrogen) atoms. The van der Waals surface area contributed by atoms with E-state index in [4.69, 9.17) is 5.73 Å². The Labute approximate surface area is 66.7 Å². The van der Waals surface area contributed by atoms with Gasteiger partial charge >= 0.3 is 0 Å². The van der Waals surface area contributed by atoms with Crippen LogP contribution in [0.1, 0.15) is 11.1 Å². The molecular weight excluding hydrogens is 142 g/mol. The summed E-state index contributed by atoms with van der Waals surface area (Å²) in [4.78, 5) is 0.894. The maximum absolute atomic E-state index is 5.65. The summed E-state index contributed by atoms with van der Waals surface area (Å²) in [6, 6.07) is 3.99. The van der Waals surface area contributed by atoms with Gasteiger partial charge in [-0.2, -0.15) is 0 Å². The summed E-state index contributed by atoms with van der Waals surface area (Å²) in [6.45, 7) is 4.03. The van der Waals surface area contributed by atoms with Crippen LogP contribution in [-0.2, 0) is 0 Å². The van der Waals surface area contributed by atoms with Gasteiger partial charge in [0.25, 0.3) is 0 Å². The highest BCUT2D eigenvalue weighted by Crippen LogP contribution is 2.21. The van der Waals surface area contributed by atoms with E-state index in [-0.39, 0.29) is 0 Å². The molecule has 0 amide bonds. The molecule has 2 N–H and O–H groups in total. The predicted octanol–water partition coefficient (Wildman–Crippen LogP) is 2.17. The topological polar surface area (TPSA) is 26.0 Å². The van der Waals surface area contributed by atoms with Crippen molar-refractivity contribution in [2.24, 2.45) is 0 Å². The van der Waals surface area contributed by atoms with Crippen LogP contribution >= 0.6 is 12.6 Å². The number of thiol groups is 1. The minimum atomic E-state index is 0.765. The second-order valence-electron chi connectivity index (χ2n) is 2.52. The van der Waals surface area contributed by atoms with Gasteiger partial charge in [-0.1, -0.05) is 6.07 Å². The van der Waals surface area contributed by atoms with Crippen molar-refractivity contribution in [3.05, 3.63) is 23.3 Å². The molecule has 0 bridgehead atoms. The van der Waals surface area contributed by atoms with Gasteiger partial charge in [0.2, 0.25) is 0 Å². The lowest BCUT2D eigenvalue weighted by Crippen LogP contribution is -1.90. The van der Waals surface area contributed by atoms with Gasteiger partial charge in [-0.15, -0.1) is 12.6 Å². The zero-order valence-electron chi connectivity index (χ0n) is 6.18. The zero-order valence-corrected chi connectivity index (χ0v) is 7.07. The molecule has 1 rings (SSSR count). The number of aryl methyl sites for hydroxylation is 2. The van der Waals surface area contributed by atoms with Gasteiger partial charge in [0.05, 0.1) is 0 Å². The minimum absolute atomic E-state index is 0.765. The monoisotopic (exact) mass is 153 g/mol. The Balaban J connectivity index is 3.31. The molecule has 0 aliphatic heterocycles. The molecule has 0 aromatic heterocycles. The van der Waals surface area contributed by atoms with E-state index >= 15 is 0 Å². The zero-order chi connectivity index (χ0) is 7.72. The summed E-state index contributed by atoms with van der Waals surface area (Å²) in [6.07, 6.45) is 0. The van der Waals surface area contributed by atoms with Crippen molar-refractivity contribution < 1.29 is 0 Å². The van der Waals surface area contributed by atoms with E-state index in [9.17, 15) is 0 Å². The lowest BCUT2D eigenvalue weighted by Gasteiger charge is -2.03. The van der Waals surface area contributed by atoms with Crippen LogP contribution in [0.15, 0.2) is 17.0 Å². The molecule has 0 aliphatic carbocycles. The highest BCUT2D eigenvalue weighted by Gasteiger charge is 1.97. The Bertz CT molecular complexity index is 232. The summed E-state index contributed by atoms with van der Waals surface area (Å²) in [5, 5.41) is 0. The first kappa shape index (κ1) is 7.48. The molecule has 0 radical (unpaired) electrons. The Kier molecular flexibility index (Phi) is 1.90. The van der Waals surface area contributed by atoms with E-state index in [2.05, 4.69) is 18.7 Å². The largest absolute Gasteiger partial charge is 0.398 e. The maximum Gasteiger partial charge on any atom is 0.0455 e. The van der Waals surface area contributed by atoms with Crippen molar-refractivity contribution in [3.8, 4) is 0 Å². The van der Waals surface area contributed by atoms with Crippen LogP contribution in [0.4, 0.5) is 5.69 Å². The van der Waals surface area contributed by atoms with E-state index in [1.807, 2.05) is 19.9 Å². The van der Waals surface area contributed by atoms with Gasteiger partial charge in [0, 0.05) is 10.6 Å². The molecule has 0 aliphatic rings. The summed E-state index contributed by atoms with van der Waals surface area (Å²) in [7, 11) is 0. The SMILES string of the molecule is Cc1cc(C)c(S)c(N)c1. The van der Waals surface area contributed by atoms with Crippen LogP contribution in [0.25, 0.3) is 0 Å². The van der Waals surface area contributed by atoms with Crippen molar-refractivity contribution >= 4 is 18.3 Å². The summed E-state index contributed by atoms with van der Waals surface area (Å²) >= 11 is 4.23. The molecule has 0 saturated carbocycles. The molecule has 0 unspecified atom stereocenters. The third kappa shape index (κ3) is 1.27. The van der Waals surface area contributed by atoms with Crippen molar-refractivity contribution in [2.45, 2.75) is 18.7 Å². The Morgan fingerprint density at radius 3 is 2.40 bits per heavy atom. The number of rotatable bonds is 0. The second-order valence-corrected chi connectivity index (χ2v) is 2.97. The van der Waals surface area contributed by atoms with Crippen molar-refractivity contribution in [3.63, 3.8) is 0 Å². The van der Waals surface area contributed by atoms with Crippen LogP contribution < -0.4 is 5.73 Å². The van der Waals surface area contributed by atoms with Gasteiger partial charge in [0.1, 0.15) is 0 Å². The fourth-order valence-electron chi connectivity index (χ4n) is 0.993. The third-order valence-corrected chi connectivity index (χ3v) is 2.09. The average Bonchev–Trinajstić information content (AvgIpc) is 1.82. The number of anilines is 1. The normalized spacial score (nSPS) is 9.90. The van der Waals surface area contributed by atoms with Crippen LogP contribution in [0.2, 0.25) is 0 Å². The summed E-state index contributed by atoms with van der Waals surface area (Å²) < 4.78 is 0. The molecule has 1 nitrogen and oxygen atoms in total. The molecule has 54 valence electrons. The lowest BCUT2D eigenvalue weighted by molar-refractivity contribution is 1.28. The number of benzene rings is 1.